The molecule has 1 saturated heterocycles. The van der Waals surface area contributed by atoms with Crippen LogP contribution in [0, 0.1) is 17.8 Å². The van der Waals surface area contributed by atoms with Crippen molar-refractivity contribution in [1.29, 1.82) is 0 Å². The van der Waals surface area contributed by atoms with E-state index in [2.05, 4.69) is 54.4 Å². The number of hydrogen-bond acceptors (Lipinski definition) is 17. The van der Waals surface area contributed by atoms with E-state index >= 15 is 0 Å². The Kier molecular flexibility index (Phi) is 28.8. The van der Waals surface area contributed by atoms with Crippen LogP contribution in [0.3, 0.4) is 0 Å². The fourth-order valence-electron chi connectivity index (χ4n) is 10.0. The normalized spacial score (nSPS) is 23.0. The number of ether oxygens (including phenoxy) is 5. The number of nitrogens with one attached hydrogen (secondary N) is 6. The number of urea groups is 1. The molecule has 10 N–H and O–H groups in total. The Morgan fingerprint density at radius 2 is 1.69 bits per heavy atom. The molecule has 486 valence electrons. The monoisotopic (exact) mass is 1320 g/mol. The third kappa shape index (κ3) is 20.5. The number of fused-ring (bicyclic) bond motifs is 4. The van der Waals surface area contributed by atoms with Crippen molar-refractivity contribution in [3.8, 4) is 11.5 Å². The average molecular weight is 1320 g/mol. The first-order chi connectivity index (χ1) is 41.5. The van der Waals surface area contributed by atoms with E-state index in [0.717, 1.165) is 10.5 Å². The fraction of sp³-hybridized carbons (Fsp3) is 0.557. The maximum absolute atomic E-state index is 14.7. The highest BCUT2D eigenvalue weighted by Gasteiger charge is 2.49. The van der Waals surface area contributed by atoms with Gasteiger partial charge in [-0.1, -0.05) is 85.6 Å². The fourth-order valence-corrected chi connectivity index (χ4v) is 10.6. The number of carbonyl (C=O) groups excluding carboxylic acids is 9. The molecule has 1 unspecified atom stereocenters. The van der Waals surface area contributed by atoms with Crippen molar-refractivity contribution in [3.05, 3.63) is 82.4 Å². The lowest BCUT2D eigenvalue weighted by Crippen LogP contribution is -2.64. The third-order valence-electron chi connectivity index (χ3n) is 15.7. The van der Waals surface area contributed by atoms with Crippen LogP contribution >= 0.6 is 27.5 Å². The average Bonchev–Trinajstić information content (AvgIpc) is 3.70. The number of halogens is 2. The number of alkyl carbamates (subject to hydrolysis) is 1. The molecule has 2 aromatic carbocycles. The van der Waals surface area contributed by atoms with Crippen LogP contribution in [0.1, 0.15) is 102 Å². The van der Waals surface area contributed by atoms with Gasteiger partial charge in [0, 0.05) is 69.5 Å². The molecule has 2 heterocycles. The van der Waals surface area contributed by atoms with Crippen molar-refractivity contribution < 1.29 is 77.0 Å². The summed E-state index contributed by atoms with van der Waals surface area (Å²) in [5.74, 6) is -6.12. The summed E-state index contributed by atoms with van der Waals surface area (Å²) in [5, 5.41) is 40.8. The molecule has 0 spiro atoms. The Hall–Kier alpha value is -7.10. The first-order valence-electron chi connectivity index (χ1n) is 29.0. The highest BCUT2D eigenvalue weighted by Crippen LogP contribution is 2.38. The van der Waals surface area contributed by atoms with Gasteiger partial charge >= 0.3 is 18.1 Å². The van der Waals surface area contributed by atoms with Crippen molar-refractivity contribution in [2.24, 2.45) is 23.5 Å². The number of hydrogen-bond donors (Lipinski definition) is 9. The second kappa shape index (κ2) is 34.6. The molecule has 2 aliphatic heterocycles. The Morgan fingerprint density at radius 1 is 1.00 bits per heavy atom. The van der Waals surface area contributed by atoms with Crippen molar-refractivity contribution >= 4 is 92.8 Å². The molecular weight excluding hydrogens is 1230 g/mol. The number of methoxy groups -OCH3 is 3. The zero-order valence-electron chi connectivity index (χ0n) is 51.9. The number of primary amides is 1. The number of unbranched alkanes of at least 4 members (excludes halogenated alkanes) is 1. The molecule has 88 heavy (non-hydrogen) atoms. The van der Waals surface area contributed by atoms with Gasteiger partial charge in [0.25, 0.3) is 5.91 Å². The van der Waals surface area contributed by atoms with E-state index in [0.29, 0.717) is 55.0 Å². The van der Waals surface area contributed by atoms with Gasteiger partial charge in [-0.3, -0.25) is 34.6 Å². The highest BCUT2D eigenvalue weighted by atomic mass is 79.9. The number of rotatable bonds is 26. The molecule has 8 amide bonds. The summed E-state index contributed by atoms with van der Waals surface area (Å²) in [6, 6.07) is 2.33. The van der Waals surface area contributed by atoms with Crippen LogP contribution in [-0.2, 0) is 49.4 Å². The van der Waals surface area contributed by atoms with Gasteiger partial charge in [-0.15, -0.1) is 0 Å². The number of aliphatic hydroxyl groups is 2. The quantitative estimate of drug-likeness (QED) is 0.0197. The van der Waals surface area contributed by atoms with E-state index in [4.69, 9.17) is 41.0 Å². The first kappa shape index (κ1) is 73.4. The molecule has 0 aliphatic carbocycles. The lowest BCUT2D eigenvalue weighted by molar-refractivity contribution is -0.165. The van der Waals surface area contributed by atoms with Gasteiger partial charge in [0.2, 0.25) is 23.6 Å². The van der Waals surface area contributed by atoms with Gasteiger partial charge in [-0.05, 0) is 88.1 Å². The number of esters is 1. The van der Waals surface area contributed by atoms with Gasteiger partial charge in [-0.25, -0.2) is 14.4 Å². The van der Waals surface area contributed by atoms with Crippen LogP contribution in [0.4, 0.5) is 21.0 Å². The predicted molar refractivity (Wildman–Crippen MR) is 334 cm³/mol. The summed E-state index contributed by atoms with van der Waals surface area (Å²) in [4.78, 5) is 124. The minimum absolute atomic E-state index is 0.0311. The maximum Gasteiger partial charge on any atom is 0.409 e. The minimum atomic E-state index is -2.01. The molecule has 0 aromatic heterocycles. The topological polar surface area (TPSA) is 345 Å². The molecule has 2 aliphatic rings. The minimum Gasteiger partial charge on any atom is -0.497 e. The van der Waals surface area contributed by atoms with Crippen LogP contribution < -0.4 is 52.0 Å². The number of amides is 8. The van der Waals surface area contributed by atoms with Crippen LogP contribution in [0.25, 0.3) is 0 Å². The van der Waals surface area contributed by atoms with E-state index in [9.17, 15) is 53.4 Å². The number of alkyl halides is 1. The van der Waals surface area contributed by atoms with Gasteiger partial charge in [0.15, 0.2) is 5.72 Å². The van der Waals surface area contributed by atoms with Crippen molar-refractivity contribution in [2.45, 2.75) is 147 Å². The molecule has 11 atom stereocenters. The number of likely N-dealkylation sites (N-methyl/N-ethyl adjacent to an activating group) is 1. The molecule has 2 aromatic rings. The maximum atomic E-state index is 14.7. The van der Waals surface area contributed by atoms with E-state index in [-0.39, 0.29) is 65.2 Å². The van der Waals surface area contributed by atoms with Crippen LogP contribution in [0.5, 0.6) is 11.5 Å². The molecule has 0 radical (unpaired) electrons. The first-order valence-corrected chi connectivity index (χ1v) is 30.5. The van der Waals surface area contributed by atoms with Crippen molar-refractivity contribution in [1.82, 2.24) is 31.5 Å². The van der Waals surface area contributed by atoms with Crippen molar-refractivity contribution in [3.63, 3.8) is 0 Å². The van der Waals surface area contributed by atoms with E-state index in [1.807, 2.05) is 6.92 Å². The summed E-state index contributed by atoms with van der Waals surface area (Å²) < 4.78 is 28.5. The molecule has 4 bridgehead atoms. The lowest BCUT2D eigenvalue weighted by Gasteiger charge is -2.43. The second-order valence-electron chi connectivity index (χ2n) is 22.5. The van der Waals surface area contributed by atoms with Crippen LogP contribution in [0.15, 0.2) is 66.3 Å². The van der Waals surface area contributed by atoms with Gasteiger partial charge < -0.3 is 75.5 Å². The summed E-state index contributed by atoms with van der Waals surface area (Å²) in [6.07, 6.45) is 0.652. The molecular formula is C61H87BrClN9O16. The number of anilines is 2. The number of allylic oxidation sites excluding steroid dienone is 3. The number of benzene rings is 2. The predicted octanol–water partition coefficient (Wildman–Crippen LogP) is 4.97. The molecule has 1 fully saturated rings. The van der Waals surface area contributed by atoms with Gasteiger partial charge in [0.1, 0.15) is 53.2 Å². The second-order valence-corrected chi connectivity index (χ2v) is 23.4. The largest absolute Gasteiger partial charge is 0.497 e. The highest BCUT2D eigenvalue weighted by molar-refractivity contribution is 9.09. The van der Waals surface area contributed by atoms with E-state index < -0.39 is 120 Å². The summed E-state index contributed by atoms with van der Waals surface area (Å²) in [6.45, 7) is 13.9. The Morgan fingerprint density at radius 3 is 2.32 bits per heavy atom. The van der Waals surface area contributed by atoms with Crippen molar-refractivity contribution in [2.75, 3.05) is 64.1 Å². The molecule has 0 saturated carbocycles. The number of nitrogens with zero attached hydrogens (tertiary/aromatic N) is 2. The van der Waals surface area contributed by atoms with Crippen LogP contribution in [0.2, 0.25) is 5.02 Å². The summed E-state index contributed by atoms with van der Waals surface area (Å²) >= 11 is 10.0. The Bertz CT molecular complexity index is 2890. The molecule has 25 nitrogen and oxygen atoms in total. The van der Waals surface area contributed by atoms with Gasteiger partial charge in [0.05, 0.1) is 55.8 Å². The standard InChI is InChI=1S/C61H87BrClN9O16/c1-33(2)52(67-40(32-73)18-13-14-23-65-54(76)35(4)31-62)56(78)68-43(19-16-24-66-59(64)81)55(77)69-44-28-41(84-10)21-22-42(44)57(79)71(8)38(7)58(80)87-46-29-50(74)72(9)45-26-39(27-47(85-11)51(45)63)25-34(3)17-15-20-49(86-12)61(83)30-48(88-60(82)70-61)37(6)53(75)36(46)5/h15,17,20-22,26-28,32-33,36-38,40,43,46,48-49,52-53,67,75,83H,4,13-14,16,18-19,23-25,29-31H2,1-3,5-12H3,(H,65,76)(H,68,78)(H,69,77)(H,70,82)(H3,64,66,81)/b20-15+,34-17+/t36-,37-,38+,40?,43+,46+,48+,49-,52+,53-,61+/m1/s1. The van der Waals surface area contributed by atoms with Crippen LogP contribution in [-0.4, -0.2) is 177 Å². The smallest absolute Gasteiger partial charge is 0.409 e. The Balaban J connectivity index is 1.66. The lowest BCUT2D eigenvalue weighted by atomic mass is 9.81. The third-order valence-corrected chi connectivity index (χ3v) is 16.7. The van der Waals surface area contributed by atoms with E-state index in [1.165, 1.54) is 72.4 Å². The number of aliphatic hydroxyl groups excluding tert-OH is 1. The number of aldehydes is 1. The number of nitrogens with two attached hydrogens (primary N) is 1. The Labute approximate surface area is 527 Å². The van der Waals surface area contributed by atoms with Gasteiger partial charge in [-0.2, -0.15) is 0 Å². The van der Waals surface area contributed by atoms with E-state index in [1.54, 1.807) is 51.1 Å². The summed E-state index contributed by atoms with van der Waals surface area (Å²) in [7, 11) is 6.94. The zero-order chi connectivity index (χ0) is 65.7. The molecule has 4 rings (SSSR count). The SMILES string of the molecule is C=C(CBr)C(=O)NCCCCC(C=O)N[C@H](C(=O)N[C@@H](CCCNC(N)=O)C(=O)Nc1cc(OC)ccc1C(=O)N(C)[C@@H](C)C(=O)O[C@H]1CC(=O)N(C)c2cc(cc(OC)c2Cl)C/C(C)=C/C=C/[C@@H](OC)[C@@]2(O)C[C@H](OC(=O)N2)[C@@H](C)[C@H](O)[C@@H]1C)C(C)C. The number of carbonyl (C=O) groups is 9. The summed E-state index contributed by atoms with van der Waals surface area (Å²) in [5.41, 5.74) is 5.24. The molecule has 27 heteroatoms. The zero-order valence-corrected chi connectivity index (χ0v) is 54.2.